The van der Waals surface area contributed by atoms with E-state index in [0.29, 0.717) is 19.0 Å². The van der Waals surface area contributed by atoms with Crippen molar-refractivity contribution in [2.75, 3.05) is 6.54 Å². The molecule has 1 aliphatic rings. The molecular formula is C15H22N2O. The lowest BCUT2D eigenvalue weighted by Gasteiger charge is -2.40. The highest BCUT2D eigenvalue weighted by Crippen LogP contribution is 2.43. The average molecular weight is 246 g/mol. The zero-order valence-corrected chi connectivity index (χ0v) is 11.2. The third-order valence-corrected chi connectivity index (χ3v) is 3.91. The average Bonchev–Trinajstić information content (AvgIpc) is 2.31. The molecule has 0 spiro atoms. The van der Waals surface area contributed by atoms with Gasteiger partial charge in [0.2, 0.25) is 5.91 Å². The largest absolute Gasteiger partial charge is 0.370 e. The molecule has 1 unspecified atom stereocenters. The quantitative estimate of drug-likeness (QED) is 0.855. The van der Waals surface area contributed by atoms with Gasteiger partial charge < -0.3 is 11.1 Å². The molecule has 98 valence electrons. The van der Waals surface area contributed by atoms with Crippen molar-refractivity contribution in [3.8, 4) is 0 Å². The second-order valence-corrected chi connectivity index (χ2v) is 5.79. The summed E-state index contributed by atoms with van der Waals surface area (Å²) in [5.74, 6) is -0.246. The zero-order valence-electron chi connectivity index (χ0n) is 11.2. The predicted molar refractivity (Wildman–Crippen MR) is 73.1 cm³/mol. The van der Waals surface area contributed by atoms with Crippen molar-refractivity contribution in [3.63, 3.8) is 0 Å². The minimum atomic E-state index is -0.246. The fourth-order valence-corrected chi connectivity index (χ4v) is 2.79. The van der Waals surface area contributed by atoms with E-state index in [1.807, 2.05) is 0 Å². The van der Waals surface area contributed by atoms with Gasteiger partial charge in [-0.15, -0.1) is 0 Å². The van der Waals surface area contributed by atoms with E-state index >= 15 is 0 Å². The van der Waals surface area contributed by atoms with Gasteiger partial charge in [0.05, 0.1) is 0 Å². The van der Waals surface area contributed by atoms with Gasteiger partial charge in [-0.3, -0.25) is 4.79 Å². The minimum Gasteiger partial charge on any atom is -0.370 e. The summed E-state index contributed by atoms with van der Waals surface area (Å²) in [6.07, 6.45) is 2.70. The smallest absolute Gasteiger partial charge is 0.218 e. The third kappa shape index (κ3) is 2.72. The number of fused-ring (bicyclic) bond motifs is 1. The summed E-state index contributed by atoms with van der Waals surface area (Å²) in [4.78, 5) is 10.8. The Morgan fingerprint density at radius 2 is 2.17 bits per heavy atom. The van der Waals surface area contributed by atoms with Gasteiger partial charge in [0.25, 0.3) is 0 Å². The van der Waals surface area contributed by atoms with Crippen LogP contribution in [0.3, 0.4) is 0 Å². The number of carbonyl (C=O) groups excluding carboxylic acids is 1. The van der Waals surface area contributed by atoms with Crippen LogP contribution < -0.4 is 11.1 Å². The molecule has 0 saturated carbocycles. The van der Waals surface area contributed by atoms with Crippen molar-refractivity contribution in [2.45, 2.75) is 39.2 Å². The van der Waals surface area contributed by atoms with Gasteiger partial charge in [-0.1, -0.05) is 38.1 Å². The minimum absolute atomic E-state index is 0.214. The molecule has 1 aliphatic carbocycles. The highest BCUT2D eigenvalue weighted by atomic mass is 16.1. The molecule has 1 amide bonds. The molecule has 1 aromatic rings. The Kier molecular flexibility index (Phi) is 3.71. The van der Waals surface area contributed by atoms with Crippen molar-refractivity contribution < 1.29 is 4.79 Å². The fourth-order valence-electron chi connectivity index (χ4n) is 2.79. The molecular weight excluding hydrogens is 224 g/mol. The Hall–Kier alpha value is -1.35. The Morgan fingerprint density at radius 1 is 1.44 bits per heavy atom. The van der Waals surface area contributed by atoms with Crippen molar-refractivity contribution in [3.05, 3.63) is 35.4 Å². The van der Waals surface area contributed by atoms with Crippen LogP contribution in [0.4, 0.5) is 0 Å². The maximum absolute atomic E-state index is 10.8. The lowest BCUT2D eigenvalue weighted by molar-refractivity contribution is -0.118. The summed E-state index contributed by atoms with van der Waals surface area (Å²) in [7, 11) is 0. The summed E-state index contributed by atoms with van der Waals surface area (Å²) < 4.78 is 0. The van der Waals surface area contributed by atoms with E-state index in [0.717, 1.165) is 12.8 Å². The predicted octanol–water partition coefficient (Wildman–Crippen LogP) is 2.17. The first-order chi connectivity index (χ1) is 8.50. The van der Waals surface area contributed by atoms with Crippen molar-refractivity contribution in [1.29, 1.82) is 0 Å². The number of amides is 1. The second kappa shape index (κ2) is 5.11. The number of benzene rings is 1. The lowest BCUT2D eigenvalue weighted by atomic mass is 9.70. The molecule has 0 saturated heterocycles. The molecule has 0 aromatic heterocycles. The molecule has 0 radical (unpaired) electrons. The summed E-state index contributed by atoms with van der Waals surface area (Å²) in [6.45, 7) is 5.22. The first-order valence-corrected chi connectivity index (χ1v) is 6.60. The molecule has 1 atom stereocenters. The monoisotopic (exact) mass is 246 g/mol. The van der Waals surface area contributed by atoms with Crippen LogP contribution in [-0.4, -0.2) is 12.5 Å². The number of hydrogen-bond donors (Lipinski definition) is 2. The van der Waals surface area contributed by atoms with Crippen LogP contribution in [0.25, 0.3) is 0 Å². The van der Waals surface area contributed by atoms with E-state index in [1.54, 1.807) is 0 Å². The Balaban J connectivity index is 2.16. The number of hydrogen-bond acceptors (Lipinski definition) is 2. The van der Waals surface area contributed by atoms with Crippen LogP contribution in [-0.2, 0) is 11.2 Å². The first kappa shape index (κ1) is 13.1. The van der Waals surface area contributed by atoms with Gasteiger partial charge in [-0.25, -0.2) is 0 Å². The van der Waals surface area contributed by atoms with Crippen LogP contribution in [0.5, 0.6) is 0 Å². The summed E-state index contributed by atoms with van der Waals surface area (Å²) in [5, 5.41) is 3.50. The molecule has 1 aromatic carbocycles. The van der Waals surface area contributed by atoms with E-state index in [-0.39, 0.29) is 11.3 Å². The van der Waals surface area contributed by atoms with E-state index in [1.165, 1.54) is 11.1 Å². The summed E-state index contributed by atoms with van der Waals surface area (Å²) in [5.41, 5.74) is 8.20. The number of nitrogens with one attached hydrogen (secondary N) is 1. The summed E-state index contributed by atoms with van der Waals surface area (Å²) in [6, 6.07) is 8.88. The molecule has 3 nitrogen and oxygen atoms in total. The number of nitrogens with two attached hydrogens (primary N) is 1. The number of primary amides is 1. The van der Waals surface area contributed by atoms with Crippen molar-refractivity contribution in [1.82, 2.24) is 5.32 Å². The maximum Gasteiger partial charge on any atom is 0.218 e. The van der Waals surface area contributed by atoms with Crippen LogP contribution in [0.1, 0.15) is 43.9 Å². The normalized spacial score (nSPS) is 21.3. The van der Waals surface area contributed by atoms with Gasteiger partial charge >= 0.3 is 0 Å². The highest BCUT2D eigenvalue weighted by Gasteiger charge is 2.35. The summed E-state index contributed by atoms with van der Waals surface area (Å²) >= 11 is 0. The Labute approximate surface area is 109 Å². The Morgan fingerprint density at radius 3 is 2.89 bits per heavy atom. The van der Waals surface area contributed by atoms with Gasteiger partial charge in [0, 0.05) is 19.0 Å². The molecule has 3 heteroatoms. The van der Waals surface area contributed by atoms with Gasteiger partial charge in [-0.05, 0) is 29.4 Å². The van der Waals surface area contributed by atoms with Crippen LogP contribution in [0.15, 0.2) is 24.3 Å². The van der Waals surface area contributed by atoms with Crippen LogP contribution in [0, 0.1) is 5.41 Å². The topological polar surface area (TPSA) is 55.1 Å². The molecule has 0 aliphatic heterocycles. The van der Waals surface area contributed by atoms with Crippen LogP contribution in [0.2, 0.25) is 0 Å². The maximum atomic E-state index is 10.8. The van der Waals surface area contributed by atoms with E-state index < -0.39 is 0 Å². The lowest BCUT2D eigenvalue weighted by Crippen LogP contribution is -2.39. The number of rotatable bonds is 4. The number of aryl methyl sites for hydroxylation is 1. The van der Waals surface area contributed by atoms with Gasteiger partial charge in [0.15, 0.2) is 0 Å². The number of carbonyl (C=O) groups is 1. The fraction of sp³-hybridized carbons (Fsp3) is 0.533. The molecule has 0 heterocycles. The third-order valence-electron chi connectivity index (χ3n) is 3.91. The van der Waals surface area contributed by atoms with E-state index in [4.69, 9.17) is 5.73 Å². The van der Waals surface area contributed by atoms with Crippen molar-refractivity contribution >= 4 is 5.91 Å². The Bertz CT molecular complexity index is 440. The highest BCUT2D eigenvalue weighted by molar-refractivity contribution is 5.73. The van der Waals surface area contributed by atoms with Gasteiger partial charge in [0.1, 0.15) is 0 Å². The second-order valence-electron chi connectivity index (χ2n) is 5.79. The molecule has 3 N–H and O–H groups in total. The molecule has 0 bridgehead atoms. The molecule has 2 rings (SSSR count). The first-order valence-electron chi connectivity index (χ1n) is 6.60. The SMILES string of the molecule is CC1(C)CCc2ccccc2C1NCCC(N)=O. The zero-order chi connectivity index (χ0) is 13.2. The van der Waals surface area contributed by atoms with Crippen LogP contribution >= 0.6 is 0 Å². The standard InChI is InChI=1S/C15H22N2O/c1-15(2)9-7-11-5-3-4-6-12(11)14(15)17-10-8-13(16)18/h3-6,14,17H,7-10H2,1-2H3,(H2,16,18). The van der Waals surface area contributed by atoms with Crippen molar-refractivity contribution in [2.24, 2.45) is 11.1 Å². The molecule has 18 heavy (non-hydrogen) atoms. The molecule has 0 fully saturated rings. The van der Waals surface area contributed by atoms with E-state index in [9.17, 15) is 4.79 Å². The van der Waals surface area contributed by atoms with Gasteiger partial charge in [-0.2, -0.15) is 0 Å². The van der Waals surface area contributed by atoms with E-state index in [2.05, 4.69) is 43.4 Å².